The third-order valence-electron chi connectivity index (χ3n) is 3.12. The van der Waals surface area contributed by atoms with Crippen molar-refractivity contribution in [3.8, 4) is 0 Å². The molecule has 0 spiro atoms. The first kappa shape index (κ1) is 15.1. The van der Waals surface area contributed by atoms with Crippen LogP contribution in [0.4, 0.5) is 5.69 Å². The van der Waals surface area contributed by atoms with Gasteiger partial charge >= 0.3 is 5.97 Å². The van der Waals surface area contributed by atoms with Crippen molar-refractivity contribution in [1.82, 2.24) is 0 Å². The number of carbonyl (C=O) groups excluding carboxylic acids is 1. The lowest BCUT2D eigenvalue weighted by atomic mass is 10.2. The van der Waals surface area contributed by atoms with Gasteiger partial charge in [-0.15, -0.1) is 0 Å². The van der Waals surface area contributed by atoms with Crippen LogP contribution in [0.5, 0.6) is 0 Å². The van der Waals surface area contributed by atoms with E-state index >= 15 is 0 Å². The molecule has 0 saturated heterocycles. The molecule has 6 nitrogen and oxygen atoms in total. The van der Waals surface area contributed by atoms with Crippen molar-refractivity contribution in [3.05, 3.63) is 79.9 Å². The van der Waals surface area contributed by atoms with Crippen LogP contribution >= 0.6 is 15.9 Å². The smallest absolute Gasteiger partial charge is 0.363 e. The van der Waals surface area contributed by atoms with Gasteiger partial charge in [0.2, 0.25) is 5.90 Å². The van der Waals surface area contributed by atoms with Gasteiger partial charge in [-0.25, -0.2) is 9.79 Å². The largest absolute Gasteiger partial charge is 0.402 e. The van der Waals surface area contributed by atoms with Gasteiger partial charge in [0.1, 0.15) is 0 Å². The number of esters is 1. The second-order valence-electron chi connectivity index (χ2n) is 4.69. The van der Waals surface area contributed by atoms with Crippen LogP contribution in [0.3, 0.4) is 0 Å². The number of hydrogen-bond donors (Lipinski definition) is 0. The molecule has 0 unspecified atom stereocenters. The van der Waals surface area contributed by atoms with Gasteiger partial charge in [0.25, 0.3) is 5.69 Å². The van der Waals surface area contributed by atoms with Crippen LogP contribution in [0, 0.1) is 10.1 Å². The van der Waals surface area contributed by atoms with Gasteiger partial charge < -0.3 is 4.74 Å². The Hall–Kier alpha value is -2.80. The van der Waals surface area contributed by atoms with Gasteiger partial charge in [-0.05, 0) is 48.0 Å². The fourth-order valence-corrected chi connectivity index (χ4v) is 2.24. The summed E-state index contributed by atoms with van der Waals surface area (Å²) in [4.78, 5) is 26.2. The van der Waals surface area contributed by atoms with Crippen LogP contribution in [-0.4, -0.2) is 16.8 Å². The van der Waals surface area contributed by atoms with Crippen molar-refractivity contribution in [2.75, 3.05) is 0 Å². The van der Waals surface area contributed by atoms with Gasteiger partial charge in [-0.1, -0.05) is 15.9 Å². The van der Waals surface area contributed by atoms with Crippen molar-refractivity contribution >= 4 is 39.6 Å². The second kappa shape index (κ2) is 6.13. The number of nitrogens with zero attached hydrogens (tertiary/aromatic N) is 2. The molecule has 114 valence electrons. The van der Waals surface area contributed by atoms with E-state index in [2.05, 4.69) is 20.9 Å². The van der Waals surface area contributed by atoms with Crippen LogP contribution in [0.15, 0.2) is 63.7 Å². The molecule has 1 aliphatic rings. The first-order valence-corrected chi connectivity index (χ1v) is 7.35. The van der Waals surface area contributed by atoms with E-state index in [0.29, 0.717) is 11.1 Å². The van der Waals surface area contributed by atoms with Crippen molar-refractivity contribution in [2.24, 2.45) is 4.99 Å². The van der Waals surface area contributed by atoms with E-state index in [4.69, 9.17) is 4.74 Å². The Morgan fingerprint density at radius 3 is 2.35 bits per heavy atom. The Labute approximate surface area is 139 Å². The van der Waals surface area contributed by atoms with Crippen molar-refractivity contribution in [1.29, 1.82) is 0 Å². The molecular weight excluding hydrogens is 364 g/mol. The molecule has 0 saturated carbocycles. The molecular formula is C16H9BrN2O4. The van der Waals surface area contributed by atoms with E-state index in [9.17, 15) is 14.9 Å². The van der Waals surface area contributed by atoms with Gasteiger partial charge in [0.15, 0.2) is 5.70 Å². The van der Waals surface area contributed by atoms with E-state index in [1.54, 1.807) is 24.3 Å². The number of non-ortho nitro benzene ring substituents is 1. The third-order valence-corrected chi connectivity index (χ3v) is 3.65. The Kier molecular flexibility index (Phi) is 4.03. The Morgan fingerprint density at radius 1 is 1.09 bits per heavy atom. The van der Waals surface area contributed by atoms with Gasteiger partial charge in [-0.2, -0.15) is 0 Å². The minimum atomic E-state index is -0.554. The normalized spacial score (nSPS) is 15.4. The number of benzene rings is 2. The molecule has 0 radical (unpaired) electrons. The molecule has 1 heterocycles. The molecule has 0 N–H and O–H groups in total. The van der Waals surface area contributed by atoms with Gasteiger partial charge in [0, 0.05) is 22.2 Å². The Morgan fingerprint density at radius 2 is 1.74 bits per heavy atom. The summed E-state index contributed by atoms with van der Waals surface area (Å²) >= 11 is 3.33. The topological polar surface area (TPSA) is 81.8 Å². The number of nitro groups is 1. The molecule has 1 aliphatic heterocycles. The molecule has 0 fully saturated rings. The number of nitro benzene ring substituents is 1. The van der Waals surface area contributed by atoms with Crippen LogP contribution in [0.1, 0.15) is 11.1 Å². The molecule has 7 heteroatoms. The predicted octanol–water partition coefficient (Wildman–Crippen LogP) is 3.70. The summed E-state index contributed by atoms with van der Waals surface area (Å²) in [5, 5.41) is 10.6. The van der Waals surface area contributed by atoms with Crippen molar-refractivity contribution in [2.45, 2.75) is 0 Å². The summed E-state index contributed by atoms with van der Waals surface area (Å²) in [5.41, 5.74) is 1.45. The average molecular weight is 373 g/mol. The van der Waals surface area contributed by atoms with Crippen molar-refractivity contribution < 1.29 is 14.5 Å². The molecule has 2 aromatic carbocycles. The highest BCUT2D eigenvalue weighted by atomic mass is 79.9. The van der Waals surface area contributed by atoms with Crippen LogP contribution in [-0.2, 0) is 9.53 Å². The fourth-order valence-electron chi connectivity index (χ4n) is 1.98. The summed E-state index contributed by atoms with van der Waals surface area (Å²) in [6.45, 7) is 0. The predicted molar refractivity (Wildman–Crippen MR) is 87.8 cm³/mol. The minimum absolute atomic E-state index is 0.0137. The molecule has 3 rings (SSSR count). The van der Waals surface area contributed by atoms with E-state index in [-0.39, 0.29) is 17.3 Å². The number of rotatable bonds is 3. The first-order valence-electron chi connectivity index (χ1n) is 6.56. The summed E-state index contributed by atoms with van der Waals surface area (Å²) < 4.78 is 6.06. The SMILES string of the molecule is O=C1OC(c2ccc(Br)cc2)=NC1=Cc1ccc([N+](=O)[O-])cc1. The zero-order valence-electron chi connectivity index (χ0n) is 11.6. The van der Waals surface area contributed by atoms with Crippen LogP contribution in [0.2, 0.25) is 0 Å². The Bertz CT molecular complexity index is 839. The van der Waals surface area contributed by atoms with Gasteiger partial charge in [0.05, 0.1) is 4.92 Å². The lowest BCUT2D eigenvalue weighted by Crippen LogP contribution is -2.05. The third kappa shape index (κ3) is 3.35. The van der Waals surface area contributed by atoms with Crippen LogP contribution in [0.25, 0.3) is 6.08 Å². The fraction of sp³-hybridized carbons (Fsp3) is 0. The van der Waals surface area contributed by atoms with E-state index in [1.807, 2.05) is 12.1 Å². The summed E-state index contributed by atoms with van der Waals surface area (Å²) in [6.07, 6.45) is 1.53. The number of carbonyl (C=O) groups is 1. The monoisotopic (exact) mass is 372 g/mol. The lowest BCUT2D eigenvalue weighted by molar-refractivity contribution is -0.384. The van der Waals surface area contributed by atoms with E-state index in [0.717, 1.165) is 4.47 Å². The minimum Gasteiger partial charge on any atom is -0.402 e. The quantitative estimate of drug-likeness (QED) is 0.356. The summed E-state index contributed by atoms with van der Waals surface area (Å²) in [6, 6.07) is 13.0. The lowest BCUT2D eigenvalue weighted by Gasteiger charge is -1.98. The zero-order chi connectivity index (χ0) is 16.4. The van der Waals surface area contributed by atoms with Crippen molar-refractivity contribution in [3.63, 3.8) is 0 Å². The molecule has 0 bridgehead atoms. The molecule has 0 aliphatic carbocycles. The number of halogens is 1. The highest BCUT2D eigenvalue weighted by Crippen LogP contribution is 2.21. The number of cyclic esters (lactones) is 1. The maximum absolute atomic E-state index is 11.9. The zero-order valence-corrected chi connectivity index (χ0v) is 13.2. The number of aliphatic imine (C=N–C) groups is 1. The molecule has 0 amide bonds. The highest BCUT2D eigenvalue weighted by Gasteiger charge is 2.24. The maximum atomic E-state index is 11.9. The second-order valence-corrected chi connectivity index (χ2v) is 5.61. The summed E-state index contributed by atoms with van der Waals surface area (Å²) in [7, 11) is 0. The Balaban J connectivity index is 1.88. The first-order chi connectivity index (χ1) is 11.0. The summed E-state index contributed by atoms with van der Waals surface area (Å²) in [5.74, 6) is -0.322. The molecule has 0 aromatic heterocycles. The number of hydrogen-bond acceptors (Lipinski definition) is 5. The van der Waals surface area contributed by atoms with Crippen LogP contribution < -0.4 is 0 Å². The molecule has 2 aromatic rings. The van der Waals surface area contributed by atoms with Gasteiger partial charge in [-0.3, -0.25) is 10.1 Å². The molecule has 23 heavy (non-hydrogen) atoms. The average Bonchev–Trinajstić information content (AvgIpc) is 2.89. The standard InChI is InChI=1S/C16H9BrN2O4/c17-12-5-3-11(4-6-12)15-18-14(16(20)23-15)9-10-1-7-13(8-2-10)19(21)22/h1-9H. The molecule has 0 atom stereocenters. The highest BCUT2D eigenvalue weighted by molar-refractivity contribution is 9.10. The number of ether oxygens (including phenoxy) is 1. The van der Waals surface area contributed by atoms with E-state index in [1.165, 1.54) is 18.2 Å². The van der Waals surface area contributed by atoms with E-state index < -0.39 is 10.9 Å². The maximum Gasteiger partial charge on any atom is 0.363 e.